The molecule has 238 valence electrons. The minimum atomic E-state index is -0.979. The van der Waals surface area contributed by atoms with Crippen LogP contribution in [0.5, 0.6) is 0 Å². The molecule has 2 aliphatic rings. The molecule has 1 unspecified atom stereocenters. The summed E-state index contributed by atoms with van der Waals surface area (Å²) in [6.45, 7) is 4.05. The molecule has 9 nitrogen and oxygen atoms in total. The number of nitrogens with one attached hydrogen (secondary N) is 2. The van der Waals surface area contributed by atoms with E-state index in [1.54, 1.807) is 30.3 Å². The van der Waals surface area contributed by atoms with Gasteiger partial charge in [0, 0.05) is 29.3 Å². The van der Waals surface area contributed by atoms with E-state index in [-0.39, 0.29) is 31.2 Å². The van der Waals surface area contributed by atoms with Gasteiger partial charge in [0.1, 0.15) is 18.0 Å². The first kappa shape index (κ1) is 33.2. The quantitative estimate of drug-likeness (QED) is 0.253. The minimum Gasteiger partial charge on any atom is -0.481 e. The first-order chi connectivity index (χ1) is 20.9. The number of rotatable bonds is 12. The van der Waals surface area contributed by atoms with Crippen LogP contribution in [0.1, 0.15) is 88.9 Å². The Morgan fingerprint density at radius 2 is 1.80 bits per heavy atom. The van der Waals surface area contributed by atoms with E-state index in [9.17, 15) is 23.6 Å². The van der Waals surface area contributed by atoms with Crippen LogP contribution in [0, 0.1) is 17.7 Å². The van der Waals surface area contributed by atoms with Gasteiger partial charge in [-0.15, -0.1) is 0 Å². The number of hydrogen-bond acceptors (Lipinski definition) is 5. The van der Waals surface area contributed by atoms with Crippen LogP contribution in [0.25, 0.3) is 0 Å². The number of carbonyl (C=O) groups is 4. The Hall–Kier alpha value is -3.66. The van der Waals surface area contributed by atoms with Gasteiger partial charge in [0.25, 0.3) is 5.91 Å². The number of alkyl carbamates (subject to hydrolysis) is 1. The van der Waals surface area contributed by atoms with E-state index in [1.807, 2.05) is 19.9 Å². The minimum absolute atomic E-state index is 0.128. The van der Waals surface area contributed by atoms with E-state index in [1.165, 1.54) is 17.1 Å². The topological polar surface area (TPSA) is 125 Å². The first-order valence-corrected chi connectivity index (χ1v) is 15.6. The molecule has 11 heteroatoms. The number of carbonyl (C=O) groups excluding carboxylic acids is 3. The zero-order valence-electron chi connectivity index (χ0n) is 25.2. The molecule has 1 heterocycles. The number of hydrazine groups is 1. The van der Waals surface area contributed by atoms with Crippen LogP contribution in [0.2, 0.25) is 5.02 Å². The summed E-state index contributed by atoms with van der Waals surface area (Å²) in [5.41, 5.74) is 3.23. The normalized spacial score (nSPS) is 18.9. The zero-order valence-corrected chi connectivity index (χ0v) is 25.9. The second kappa shape index (κ2) is 14.9. The van der Waals surface area contributed by atoms with Crippen molar-refractivity contribution in [2.75, 3.05) is 6.54 Å². The number of carboxylic acids is 1. The number of carboxylic acid groups (broad SMARTS) is 1. The molecule has 3 N–H and O–H groups in total. The summed E-state index contributed by atoms with van der Waals surface area (Å²) in [5.74, 6) is -2.54. The molecule has 3 amide bonds. The van der Waals surface area contributed by atoms with Crippen LogP contribution in [0.4, 0.5) is 9.18 Å². The number of ether oxygens (including phenoxy) is 1. The van der Waals surface area contributed by atoms with Crippen LogP contribution in [0.15, 0.2) is 48.5 Å². The Bertz CT molecular complexity index is 1330. The molecule has 0 radical (unpaired) electrons. The van der Waals surface area contributed by atoms with E-state index in [0.29, 0.717) is 23.4 Å². The maximum Gasteiger partial charge on any atom is 0.408 e. The molecule has 1 aliphatic carbocycles. The Balaban J connectivity index is 1.52. The van der Waals surface area contributed by atoms with Crippen molar-refractivity contribution in [2.45, 2.75) is 89.2 Å². The molecule has 2 aromatic rings. The van der Waals surface area contributed by atoms with Gasteiger partial charge in [-0.3, -0.25) is 24.8 Å². The summed E-state index contributed by atoms with van der Waals surface area (Å²) >= 11 is 6.28. The van der Waals surface area contributed by atoms with Gasteiger partial charge >= 0.3 is 12.1 Å². The van der Waals surface area contributed by atoms with Gasteiger partial charge in [-0.2, -0.15) is 0 Å². The molecule has 1 saturated heterocycles. The average molecular weight is 630 g/mol. The second-order valence-electron chi connectivity index (χ2n) is 12.4. The van der Waals surface area contributed by atoms with E-state index in [4.69, 9.17) is 21.4 Å². The van der Waals surface area contributed by atoms with Gasteiger partial charge in [-0.1, -0.05) is 81.8 Å². The van der Waals surface area contributed by atoms with Crippen LogP contribution < -0.4 is 10.7 Å². The third kappa shape index (κ3) is 8.71. The van der Waals surface area contributed by atoms with Crippen molar-refractivity contribution in [3.05, 3.63) is 70.5 Å². The molecule has 0 spiro atoms. The third-order valence-electron chi connectivity index (χ3n) is 8.79. The van der Waals surface area contributed by atoms with Crippen molar-refractivity contribution in [3.8, 4) is 0 Å². The number of halogens is 2. The van der Waals surface area contributed by atoms with Crippen molar-refractivity contribution in [1.82, 2.24) is 15.8 Å². The Kier molecular flexibility index (Phi) is 11.2. The highest BCUT2D eigenvalue weighted by Crippen LogP contribution is 2.40. The van der Waals surface area contributed by atoms with Crippen molar-refractivity contribution >= 4 is 35.5 Å². The van der Waals surface area contributed by atoms with Gasteiger partial charge in [-0.05, 0) is 60.6 Å². The van der Waals surface area contributed by atoms with Gasteiger partial charge in [0.05, 0.1) is 0 Å². The smallest absolute Gasteiger partial charge is 0.408 e. The zero-order chi connectivity index (χ0) is 31.9. The molecule has 0 aromatic heterocycles. The van der Waals surface area contributed by atoms with Gasteiger partial charge in [0.2, 0.25) is 5.91 Å². The molecule has 0 bridgehead atoms. The predicted octanol–water partition coefficient (Wildman–Crippen LogP) is 6.31. The lowest BCUT2D eigenvalue weighted by Crippen LogP contribution is -2.54. The number of benzene rings is 2. The summed E-state index contributed by atoms with van der Waals surface area (Å²) < 4.78 is 19.9. The van der Waals surface area contributed by atoms with Crippen molar-refractivity contribution in [3.63, 3.8) is 0 Å². The molecule has 2 aromatic carbocycles. The standard InChI is InChI=1S/C33H41ClFN3O6/c1-33(2,24-9-6-10-25(34)20-24)29(22-11-14-26(35)15-12-22)44-32(43)36-27(19-21-7-4-3-5-8-21)30(41)37-38-18-17-23(31(38)42)13-16-28(39)40/h6,9-12,14-15,20-21,23,27,29H,3-5,7-8,13,16-19H2,1-2H3,(H,36,43)(H,37,41)(H,39,40)/t23-,27-,29?/m0/s1. The van der Waals surface area contributed by atoms with Crippen LogP contribution in [-0.4, -0.2) is 46.6 Å². The molecule has 3 atom stereocenters. The van der Waals surface area contributed by atoms with E-state index >= 15 is 0 Å². The number of aliphatic carboxylic acids is 1. The fourth-order valence-corrected chi connectivity index (χ4v) is 6.40. The number of amides is 3. The molecule has 1 aliphatic heterocycles. The summed E-state index contributed by atoms with van der Waals surface area (Å²) in [6.07, 6.45) is 4.27. The van der Waals surface area contributed by atoms with E-state index in [2.05, 4.69) is 10.7 Å². The van der Waals surface area contributed by atoms with Crippen molar-refractivity contribution < 1.29 is 33.4 Å². The summed E-state index contributed by atoms with van der Waals surface area (Å²) in [4.78, 5) is 50.9. The van der Waals surface area contributed by atoms with Crippen LogP contribution >= 0.6 is 11.6 Å². The number of hydrogen-bond donors (Lipinski definition) is 3. The molecule has 4 rings (SSSR count). The number of nitrogens with zero attached hydrogens (tertiary/aromatic N) is 1. The fourth-order valence-electron chi connectivity index (χ4n) is 6.21. The average Bonchev–Trinajstić information content (AvgIpc) is 3.33. The molecular weight excluding hydrogens is 589 g/mol. The molecule has 2 fully saturated rings. The Labute approximate surface area is 262 Å². The SMILES string of the molecule is CC(C)(c1cccc(Cl)c1)C(OC(=O)N[C@@H](CC1CCCCC1)C(=O)NN1CC[C@H](CCC(=O)O)C1=O)c1ccc(F)cc1. The van der Waals surface area contributed by atoms with Crippen LogP contribution in [-0.2, 0) is 24.5 Å². The lowest BCUT2D eigenvalue weighted by atomic mass is 9.76. The Morgan fingerprint density at radius 1 is 1.09 bits per heavy atom. The predicted molar refractivity (Wildman–Crippen MR) is 163 cm³/mol. The van der Waals surface area contributed by atoms with Gasteiger partial charge in [-0.25, -0.2) is 9.18 Å². The highest BCUT2D eigenvalue weighted by molar-refractivity contribution is 6.30. The van der Waals surface area contributed by atoms with Crippen molar-refractivity contribution in [1.29, 1.82) is 0 Å². The molecular formula is C33H41ClFN3O6. The first-order valence-electron chi connectivity index (χ1n) is 15.3. The Morgan fingerprint density at radius 3 is 2.45 bits per heavy atom. The molecule has 44 heavy (non-hydrogen) atoms. The summed E-state index contributed by atoms with van der Waals surface area (Å²) in [7, 11) is 0. The lowest BCUT2D eigenvalue weighted by Gasteiger charge is -2.35. The second-order valence-corrected chi connectivity index (χ2v) is 12.8. The summed E-state index contributed by atoms with van der Waals surface area (Å²) in [5, 5.41) is 13.5. The third-order valence-corrected chi connectivity index (χ3v) is 9.03. The van der Waals surface area contributed by atoms with Crippen molar-refractivity contribution in [2.24, 2.45) is 11.8 Å². The highest BCUT2D eigenvalue weighted by Gasteiger charge is 2.38. The van der Waals surface area contributed by atoms with Crippen LogP contribution in [0.3, 0.4) is 0 Å². The maximum atomic E-state index is 13.8. The van der Waals surface area contributed by atoms with Gasteiger partial charge < -0.3 is 15.2 Å². The highest BCUT2D eigenvalue weighted by atomic mass is 35.5. The summed E-state index contributed by atoms with van der Waals surface area (Å²) in [6, 6.07) is 12.0. The maximum absolute atomic E-state index is 13.8. The van der Waals surface area contributed by atoms with E-state index < -0.39 is 47.3 Å². The molecule has 1 saturated carbocycles. The fraction of sp³-hybridized carbons (Fsp3) is 0.515. The largest absolute Gasteiger partial charge is 0.481 e. The monoisotopic (exact) mass is 629 g/mol. The van der Waals surface area contributed by atoms with Gasteiger partial charge in [0.15, 0.2) is 0 Å². The van der Waals surface area contributed by atoms with E-state index in [0.717, 1.165) is 37.7 Å². The lowest BCUT2D eigenvalue weighted by molar-refractivity contribution is -0.142.